The predicted octanol–water partition coefficient (Wildman–Crippen LogP) is 2.87. The van der Waals surface area contributed by atoms with Crippen molar-refractivity contribution in [3.63, 3.8) is 0 Å². The van der Waals surface area contributed by atoms with Gasteiger partial charge in [-0.05, 0) is 0 Å². The summed E-state index contributed by atoms with van der Waals surface area (Å²) in [5.74, 6) is -14.3. The molecule has 0 radical (unpaired) electrons. The lowest BCUT2D eigenvalue weighted by molar-refractivity contribution is -0.133. The third-order valence-electron chi connectivity index (χ3n) is 2.10. The maximum atomic E-state index is 13.1. The van der Waals surface area contributed by atoms with Crippen LogP contribution in [0.5, 0.6) is 0 Å². The van der Waals surface area contributed by atoms with Crippen molar-refractivity contribution < 1.29 is 48.1 Å². The van der Waals surface area contributed by atoms with Gasteiger partial charge in [0.2, 0.25) is 11.1 Å². The van der Waals surface area contributed by atoms with Gasteiger partial charge in [0.25, 0.3) is 10.1 Å². The molecule has 1 atom stereocenters. The van der Waals surface area contributed by atoms with E-state index in [-0.39, 0.29) is 0 Å². The summed E-state index contributed by atoms with van der Waals surface area (Å²) in [6.07, 6.45) is -6.01. The molecule has 0 heterocycles. The highest BCUT2D eigenvalue weighted by Crippen LogP contribution is 2.42. The number of alkyl halides is 3. The van der Waals surface area contributed by atoms with Crippen LogP contribution in [0.2, 0.25) is 0 Å². The number of hydrogen-bond acceptors (Lipinski definition) is 2. The standard InChI is InChI=1S/C8H2F8O3S/c9-2-1(3(10)5(12)6(13)4(2)11)7(8(14,15)16)20(17,18)19/h7H,(H,17,18,19). The lowest BCUT2D eigenvalue weighted by Crippen LogP contribution is -2.31. The molecule has 0 aliphatic carbocycles. The molecule has 1 aromatic carbocycles. The molecule has 12 heteroatoms. The topological polar surface area (TPSA) is 54.4 Å². The molecule has 1 aromatic rings. The molecule has 0 aliphatic rings. The van der Waals surface area contributed by atoms with Crippen molar-refractivity contribution in [2.24, 2.45) is 0 Å². The lowest BCUT2D eigenvalue weighted by atomic mass is 10.1. The Bertz CT molecular complexity index is 622. The van der Waals surface area contributed by atoms with E-state index in [2.05, 4.69) is 0 Å². The van der Waals surface area contributed by atoms with Gasteiger partial charge in [0, 0.05) is 0 Å². The van der Waals surface area contributed by atoms with Crippen molar-refractivity contribution >= 4 is 10.1 Å². The summed E-state index contributed by atoms with van der Waals surface area (Å²) in [6, 6.07) is 0. The van der Waals surface area contributed by atoms with E-state index in [0.717, 1.165) is 0 Å². The summed E-state index contributed by atoms with van der Waals surface area (Å²) in [5, 5.41) is -4.31. The van der Waals surface area contributed by atoms with Gasteiger partial charge in [-0.2, -0.15) is 21.6 Å². The molecule has 0 amide bonds. The van der Waals surface area contributed by atoms with E-state index in [1.165, 1.54) is 0 Å². The third-order valence-corrected chi connectivity index (χ3v) is 3.20. The number of rotatable bonds is 2. The molecule has 20 heavy (non-hydrogen) atoms. The molecule has 0 saturated heterocycles. The normalized spacial score (nSPS) is 14.4. The van der Waals surface area contributed by atoms with Gasteiger partial charge in [0.05, 0.1) is 5.56 Å². The minimum atomic E-state index is -6.23. The second-order valence-electron chi connectivity index (χ2n) is 3.42. The molecule has 0 saturated carbocycles. The Morgan fingerprint density at radius 2 is 1.10 bits per heavy atom. The van der Waals surface area contributed by atoms with Crippen molar-refractivity contribution in [2.75, 3.05) is 0 Å². The monoisotopic (exact) mass is 330 g/mol. The van der Waals surface area contributed by atoms with Crippen molar-refractivity contribution in [2.45, 2.75) is 11.4 Å². The second kappa shape index (κ2) is 4.84. The Hall–Kier alpha value is -1.43. The Morgan fingerprint density at radius 3 is 1.35 bits per heavy atom. The zero-order valence-corrected chi connectivity index (χ0v) is 9.59. The van der Waals surface area contributed by atoms with E-state index in [0.29, 0.717) is 0 Å². The van der Waals surface area contributed by atoms with Gasteiger partial charge in [-0.3, -0.25) is 4.55 Å². The first-order valence-electron chi connectivity index (χ1n) is 4.34. The summed E-state index contributed by atoms with van der Waals surface area (Å²) in [5.41, 5.74) is -2.70. The first kappa shape index (κ1) is 16.6. The Labute approximate surface area is 105 Å². The molecule has 0 spiro atoms. The molecule has 114 valence electrons. The predicted molar refractivity (Wildman–Crippen MR) is 46.6 cm³/mol. The van der Waals surface area contributed by atoms with Gasteiger partial charge in [0.1, 0.15) is 0 Å². The summed E-state index contributed by atoms with van der Waals surface area (Å²) in [4.78, 5) is 0. The van der Waals surface area contributed by atoms with Crippen LogP contribution in [0.4, 0.5) is 35.1 Å². The van der Waals surface area contributed by atoms with Gasteiger partial charge in [-0.25, -0.2) is 22.0 Å². The molecular formula is C8H2F8O3S. The zero-order chi connectivity index (χ0) is 16.0. The minimum Gasteiger partial charge on any atom is -0.285 e. The highest BCUT2D eigenvalue weighted by Gasteiger charge is 2.53. The van der Waals surface area contributed by atoms with E-state index in [1.807, 2.05) is 0 Å². The molecule has 1 unspecified atom stereocenters. The summed E-state index contributed by atoms with van der Waals surface area (Å²) in [7, 11) is -6.23. The van der Waals surface area contributed by atoms with Crippen LogP contribution < -0.4 is 0 Å². The van der Waals surface area contributed by atoms with Crippen LogP contribution >= 0.6 is 0 Å². The summed E-state index contributed by atoms with van der Waals surface area (Å²) < 4.78 is 131. The Morgan fingerprint density at radius 1 is 0.800 bits per heavy atom. The first-order valence-corrected chi connectivity index (χ1v) is 5.84. The fraction of sp³-hybridized carbons (Fsp3) is 0.250. The minimum absolute atomic E-state index is 2.70. The molecule has 0 fully saturated rings. The van der Waals surface area contributed by atoms with Crippen molar-refractivity contribution in [3.05, 3.63) is 34.6 Å². The van der Waals surface area contributed by atoms with Crippen molar-refractivity contribution in [1.29, 1.82) is 0 Å². The van der Waals surface area contributed by atoms with Gasteiger partial charge >= 0.3 is 6.18 Å². The molecule has 0 bridgehead atoms. The smallest absolute Gasteiger partial charge is 0.285 e. The van der Waals surface area contributed by atoms with Crippen LogP contribution in [0.3, 0.4) is 0 Å². The van der Waals surface area contributed by atoms with Gasteiger partial charge in [0.15, 0.2) is 23.3 Å². The van der Waals surface area contributed by atoms with Gasteiger partial charge < -0.3 is 0 Å². The average molecular weight is 330 g/mol. The SMILES string of the molecule is O=S(=O)(O)C(c1c(F)c(F)c(F)c(F)c1F)C(F)(F)F. The van der Waals surface area contributed by atoms with Crippen LogP contribution in [0, 0.1) is 29.1 Å². The molecule has 3 nitrogen and oxygen atoms in total. The maximum Gasteiger partial charge on any atom is 0.412 e. The largest absolute Gasteiger partial charge is 0.412 e. The molecule has 1 N–H and O–H groups in total. The molecule has 0 aliphatic heterocycles. The van der Waals surface area contributed by atoms with E-state index < -0.39 is 56.2 Å². The van der Waals surface area contributed by atoms with Crippen LogP contribution in [0.1, 0.15) is 10.8 Å². The number of benzene rings is 1. The quantitative estimate of drug-likeness (QED) is 0.393. The van der Waals surface area contributed by atoms with Crippen LogP contribution in [-0.4, -0.2) is 19.1 Å². The average Bonchev–Trinajstić information content (AvgIpc) is 2.26. The van der Waals surface area contributed by atoms with Crippen LogP contribution in [-0.2, 0) is 10.1 Å². The first-order chi connectivity index (χ1) is 8.80. The van der Waals surface area contributed by atoms with E-state index in [4.69, 9.17) is 4.55 Å². The second-order valence-corrected chi connectivity index (χ2v) is 4.92. The van der Waals surface area contributed by atoms with Crippen molar-refractivity contribution in [3.8, 4) is 0 Å². The summed E-state index contributed by atoms with van der Waals surface area (Å²) >= 11 is 0. The lowest BCUT2D eigenvalue weighted by Gasteiger charge is -2.19. The summed E-state index contributed by atoms with van der Waals surface area (Å²) in [6.45, 7) is 0. The third kappa shape index (κ3) is 2.70. The maximum absolute atomic E-state index is 13.1. The highest BCUT2D eigenvalue weighted by molar-refractivity contribution is 7.86. The van der Waals surface area contributed by atoms with Crippen LogP contribution in [0.25, 0.3) is 0 Å². The Kier molecular flexibility index (Phi) is 4.02. The number of halogens is 8. The Balaban J connectivity index is 3.85. The highest BCUT2D eigenvalue weighted by atomic mass is 32.2. The van der Waals surface area contributed by atoms with E-state index in [9.17, 15) is 43.5 Å². The van der Waals surface area contributed by atoms with Gasteiger partial charge in [-0.15, -0.1) is 0 Å². The number of hydrogen-bond donors (Lipinski definition) is 1. The van der Waals surface area contributed by atoms with Crippen molar-refractivity contribution in [1.82, 2.24) is 0 Å². The fourth-order valence-electron chi connectivity index (χ4n) is 1.33. The van der Waals surface area contributed by atoms with Gasteiger partial charge in [-0.1, -0.05) is 0 Å². The molecule has 0 aromatic heterocycles. The fourth-order valence-corrected chi connectivity index (χ4v) is 2.18. The molecular weight excluding hydrogens is 328 g/mol. The van der Waals surface area contributed by atoms with Crippen LogP contribution in [0.15, 0.2) is 0 Å². The molecule has 1 rings (SSSR count). The van der Waals surface area contributed by atoms with E-state index in [1.54, 1.807) is 0 Å². The van der Waals surface area contributed by atoms with E-state index >= 15 is 0 Å². The zero-order valence-electron chi connectivity index (χ0n) is 8.77.